The summed E-state index contributed by atoms with van der Waals surface area (Å²) in [5.74, 6) is 6.15. The predicted octanol–water partition coefficient (Wildman–Crippen LogP) is 1.93. The standard InChI is InChI=1S/C26H25N9O2/c1-2-23(36)33-11-3-4-20(15-33)35-21-14-29-16-34(28)25(21)24(32-35)18-5-7-19(8-6-18)26(37)31-22-12-17(13-27)9-10-30-22/h2,5-10,12,14,16,20,32H,1,3-4,11,15,28H2,(H,30,31,37)/t20-/m1/s1. The first kappa shape index (κ1) is 23.8. The van der Waals surface area contributed by atoms with Crippen molar-refractivity contribution in [3.05, 3.63) is 89.5 Å². The molecular weight excluding hydrogens is 470 g/mol. The Morgan fingerprint density at radius 2 is 2.08 bits per heavy atom. The number of nitriles is 1. The van der Waals surface area contributed by atoms with E-state index in [0.717, 1.165) is 35.5 Å². The van der Waals surface area contributed by atoms with Crippen LogP contribution in [0, 0.1) is 11.3 Å². The number of nitrogens with zero attached hydrogens (tertiary/aromatic N) is 6. The summed E-state index contributed by atoms with van der Waals surface area (Å²) in [7, 11) is 0. The number of hydrazine groups is 2. The van der Waals surface area contributed by atoms with Gasteiger partial charge in [0.2, 0.25) is 5.91 Å². The number of nitrogens with two attached hydrogens (primary N) is 1. The van der Waals surface area contributed by atoms with Gasteiger partial charge in [0.25, 0.3) is 5.91 Å². The van der Waals surface area contributed by atoms with Crippen molar-refractivity contribution in [2.45, 2.75) is 18.9 Å². The lowest BCUT2D eigenvalue weighted by Gasteiger charge is -2.39. The van der Waals surface area contributed by atoms with E-state index in [0.29, 0.717) is 30.0 Å². The van der Waals surface area contributed by atoms with Crippen LogP contribution in [0.5, 0.6) is 0 Å². The summed E-state index contributed by atoms with van der Waals surface area (Å²) in [5, 5.41) is 15.2. The van der Waals surface area contributed by atoms with Gasteiger partial charge in [-0.3, -0.25) is 25.0 Å². The summed E-state index contributed by atoms with van der Waals surface area (Å²) < 4.78 is 0. The van der Waals surface area contributed by atoms with Crippen LogP contribution in [0.1, 0.15) is 34.3 Å². The van der Waals surface area contributed by atoms with Gasteiger partial charge in [0.05, 0.1) is 29.6 Å². The molecule has 3 aliphatic heterocycles. The number of rotatable bonds is 5. The molecule has 11 nitrogen and oxygen atoms in total. The van der Waals surface area contributed by atoms with E-state index in [1.54, 1.807) is 29.3 Å². The maximum atomic E-state index is 12.7. The molecule has 5 rings (SSSR count). The maximum Gasteiger partial charge on any atom is 0.256 e. The van der Waals surface area contributed by atoms with Crippen LogP contribution >= 0.6 is 0 Å². The van der Waals surface area contributed by atoms with Crippen molar-refractivity contribution in [1.29, 1.82) is 5.26 Å². The Kier molecular flexibility index (Phi) is 6.40. The van der Waals surface area contributed by atoms with Crippen molar-refractivity contribution in [3.63, 3.8) is 0 Å². The SMILES string of the molecule is C=CC(=O)N1CCC[C@@H](N2NC(c3ccc(C(=O)Nc4cc(C#N)ccn4)cc3)=C3C2=CN=CN3N)C1. The molecule has 1 atom stereocenters. The van der Waals surface area contributed by atoms with Gasteiger partial charge in [0.1, 0.15) is 23.6 Å². The molecule has 0 radical (unpaired) electrons. The lowest BCUT2D eigenvalue weighted by molar-refractivity contribution is -0.128. The second-order valence-corrected chi connectivity index (χ2v) is 8.75. The molecular formula is C26H25N9O2. The Balaban J connectivity index is 1.37. The number of piperidine rings is 1. The molecule has 4 heterocycles. The van der Waals surface area contributed by atoms with Gasteiger partial charge in [0.15, 0.2) is 0 Å². The number of fused-ring (bicyclic) bond motifs is 1. The third-order valence-electron chi connectivity index (χ3n) is 6.43. The molecule has 0 aliphatic carbocycles. The summed E-state index contributed by atoms with van der Waals surface area (Å²) in [6.07, 6.45) is 7.85. The van der Waals surface area contributed by atoms with Crippen LogP contribution in [0.25, 0.3) is 5.70 Å². The molecule has 0 spiro atoms. The molecule has 1 aromatic carbocycles. The molecule has 11 heteroatoms. The summed E-state index contributed by atoms with van der Waals surface area (Å²) in [5.41, 5.74) is 7.46. The average molecular weight is 496 g/mol. The number of carbonyl (C=O) groups is 2. The minimum atomic E-state index is -0.340. The van der Waals surface area contributed by atoms with Gasteiger partial charge in [-0.25, -0.2) is 15.8 Å². The van der Waals surface area contributed by atoms with Gasteiger partial charge in [-0.05, 0) is 43.2 Å². The average Bonchev–Trinajstić information content (AvgIpc) is 3.34. The van der Waals surface area contributed by atoms with E-state index in [2.05, 4.69) is 27.3 Å². The highest BCUT2D eigenvalue weighted by atomic mass is 16.2. The minimum Gasteiger partial charge on any atom is -0.337 e. The second-order valence-electron chi connectivity index (χ2n) is 8.75. The fourth-order valence-corrected chi connectivity index (χ4v) is 4.62. The first-order valence-corrected chi connectivity index (χ1v) is 11.8. The molecule has 1 fully saturated rings. The molecule has 3 aliphatic rings. The highest BCUT2D eigenvalue weighted by Crippen LogP contribution is 2.36. The van der Waals surface area contributed by atoms with Crippen LogP contribution in [0.15, 0.2) is 77.8 Å². The van der Waals surface area contributed by atoms with Crippen molar-refractivity contribution < 1.29 is 9.59 Å². The fraction of sp³-hybridized carbons (Fsp3) is 0.192. The molecule has 0 unspecified atom stereocenters. The van der Waals surface area contributed by atoms with Crippen molar-refractivity contribution in [2.75, 3.05) is 18.4 Å². The summed E-state index contributed by atoms with van der Waals surface area (Å²) >= 11 is 0. The van der Waals surface area contributed by atoms with Crippen molar-refractivity contribution >= 4 is 29.7 Å². The zero-order valence-electron chi connectivity index (χ0n) is 20.0. The number of aliphatic imine (C=N–C) groups is 1. The van der Waals surface area contributed by atoms with Crippen molar-refractivity contribution in [2.24, 2.45) is 10.8 Å². The second kappa shape index (κ2) is 9.96. The number of anilines is 1. The summed E-state index contributed by atoms with van der Waals surface area (Å²) in [6, 6.07) is 12.2. The first-order chi connectivity index (χ1) is 18.0. The number of hydrogen-bond donors (Lipinski definition) is 3. The van der Waals surface area contributed by atoms with Crippen LogP contribution < -0.4 is 16.6 Å². The molecule has 0 saturated carbocycles. The van der Waals surface area contributed by atoms with Crippen LogP contribution in [0.4, 0.5) is 5.82 Å². The number of likely N-dealkylation sites (tertiary alicyclic amines) is 1. The topological polar surface area (TPSA) is 143 Å². The Labute approximate surface area is 213 Å². The van der Waals surface area contributed by atoms with Gasteiger partial charge >= 0.3 is 0 Å². The van der Waals surface area contributed by atoms with Crippen LogP contribution in [0.3, 0.4) is 0 Å². The highest BCUT2D eigenvalue weighted by Gasteiger charge is 2.38. The number of pyridine rings is 1. The van der Waals surface area contributed by atoms with E-state index in [4.69, 9.17) is 11.1 Å². The quantitative estimate of drug-likeness (QED) is 0.422. The van der Waals surface area contributed by atoms with E-state index in [1.807, 2.05) is 23.2 Å². The number of amides is 2. The Bertz CT molecular complexity index is 1390. The summed E-state index contributed by atoms with van der Waals surface area (Å²) in [6.45, 7) is 4.85. The number of benzene rings is 1. The number of carbonyl (C=O) groups excluding carboxylic acids is 2. The van der Waals surface area contributed by atoms with Crippen LogP contribution in [0.2, 0.25) is 0 Å². The third-order valence-corrected chi connectivity index (χ3v) is 6.43. The Hall–Kier alpha value is -4.95. The molecule has 1 saturated heterocycles. The number of aromatic nitrogens is 1. The zero-order chi connectivity index (χ0) is 25.9. The normalized spacial score (nSPS) is 18.5. The molecule has 2 amide bonds. The molecule has 186 valence electrons. The minimum absolute atomic E-state index is 0.0137. The van der Waals surface area contributed by atoms with E-state index < -0.39 is 0 Å². The van der Waals surface area contributed by atoms with Gasteiger partial charge in [0, 0.05) is 30.4 Å². The fourth-order valence-electron chi connectivity index (χ4n) is 4.62. The monoisotopic (exact) mass is 495 g/mol. The van der Waals surface area contributed by atoms with E-state index in [-0.39, 0.29) is 17.9 Å². The highest BCUT2D eigenvalue weighted by molar-refractivity contribution is 6.04. The molecule has 37 heavy (non-hydrogen) atoms. The van der Waals surface area contributed by atoms with Crippen LogP contribution in [-0.4, -0.2) is 57.2 Å². The van der Waals surface area contributed by atoms with Crippen molar-refractivity contribution in [1.82, 2.24) is 25.3 Å². The molecule has 1 aromatic heterocycles. The van der Waals surface area contributed by atoms with Gasteiger partial charge < -0.3 is 10.2 Å². The zero-order valence-corrected chi connectivity index (χ0v) is 20.0. The van der Waals surface area contributed by atoms with Crippen LogP contribution in [-0.2, 0) is 4.79 Å². The molecule has 4 N–H and O–H groups in total. The molecule has 2 aromatic rings. The molecule has 0 bridgehead atoms. The van der Waals surface area contributed by atoms with E-state index >= 15 is 0 Å². The third kappa shape index (κ3) is 4.65. The van der Waals surface area contributed by atoms with Gasteiger partial charge in [-0.15, -0.1) is 0 Å². The van der Waals surface area contributed by atoms with E-state index in [9.17, 15) is 9.59 Å². The number of nitrogens with one attached hydrogen (secondary N) is 2. The first-order valence-electron chi connectivity index (χ1n) is 11.8. The smallest absolute Gasteiger partial charge is 0.256 e. The Morgan fingerprint density at radius 3 is 2.84 bits per heavy atom. The lowest BCUT2D eigenvalue weighted by Crippen LogP contribution is -2.51. The maximum absolute atomic E-state index is 12.7. The van der Waals surface area contributed by atoms with E-state index in [1.165, 1.54) is 29.7 Å². The van der Waals surface area contributed by atoms with Crippen molar-refractivity contribution in [3.8, 4) is 6.07 Å². The summed E-state index contributed by atoms with van der Waals surface area (Å²) in [4.78, 5) is 35.1. The lowest BCUT2D eigenvalue weighted by atomic mass is 10.0. The van der Waals surface area contributed by atoms with Gasteiger partial charge in [-0.2, -0.15) is 5.26 Å². The largest absolute Gasteiger partial charge is 0.337 e. The predicted molar refractivity (Wildman–Crippen MR) is 138 cm³/mol. The number of hydrogen-bond acceptors (Lipinski definition) is 9. The van der Waals surface area contributed by atoms with Gasteiger partial charge in [-0.1, -0.05) is 18.7 Å². The Morgan fingerprint density at radius 1 is 1.27 bits per heavy atom.